The summed E-state index contributed by atoms with van der Waals surface area (Å²) in [6.07, 6.45) is 7.71. The van der Waals surface area contributed by atoms with E-state index in [0.717, 1.165) is 41.3 Å². The normalized spacial score (nSPS) is 15.3. The first-order valence-electron chi connectivity index (χ1n) is 14.3. The number of imidazole rings is 1. The topological polar surface area (TPSA) is 117 Å². The van der Waals surface area contributed by atoms with Crippen LogP contribution in [-0.4, -0.2) is 44.2 Å². The number of fused-ring (bicyclic) bond motifs is 2. The molecular weight excluding hydrogens is 514 g/mol. The van der Waals surface area contributed by atoms with E-state index in [1.54, 1.807) is 24.5 Å². The quantitative estimate of drug-likeness (QED) is 0.205. The van der Waals surface area contributed by atoms with E-state index in [2.05, 4.69) is 55.6 Å². The first kappa shape index (κ1) is 28.1. The van der Waals surface area contributed by atoms with Gasteiger partial charge in [-0.25, -0.2) is 4.98 Å². The third kappa shape index (κ3) is 6.65. The zero-order chi connectivity index (χ0) is 28.8. The molecule has 0 bridgehead atoms. The molecule has 0 aliphatic carbocycles. The van der Waals surface area contributed by atoms with Gasteiger partial charge in [-0.05, 0) is 48.7 Å². The van der Waals surface area contributed by atoms with Gasteiger partial charge < -0.3 is 10.3 Å². The molecule has 2 atom stereocenters. The van der Waals surface area contributed by atoms with Crippen LogP contribution in [0.5, 0.6) is 0 Å². The average Bonchev–Trinajstić information content (AvgIpc) is 3.49. The van der Waals surface area contributed by atoms with Crippen molar-refractivity contribution in [3.05, 3.63) is 84.1 Å². The maximum absolute atomic E-state index is 13.3. The molecule has 41 heavy (non-hydrogen) atoms. The van der Waals surface area contributed by atoms with Crippen LogP contribution in [0.1, 0.15) is 86.7 Å². The van der Waals surface area contributed by atoms with E-state index in [9.17, 15) is 14.4 Å². The molecule has 210 valence electrons. The number of carbonyl (C=O) groups excluding carboxylic acids is 3. The van der Waals surface area contributed by atoms with Gasteiger partial charge in [0, 0.05) is 30.2 Å². The third-order valence-corrected chi connectivity index (χ3v) is 7.61. The molecule has 1 aliphatic rings. The van der Waals surface area contributed by atoms with Gasteiger partial charge in [0.05, 0.1) is 35.8 Å². The highest BCUT2D eigenvalue weighted by Gasteiger charge is 2.31. The number of nitrogens with one attached hydrogen (secondary N) is 2. The van der Waals surface area contributed by atoms with Crippen LogP contribution in [0.3, 0.4) is 0 Å². The number of amides is 1. The van der Waals surface area contributed by atoms with Gasteiger partial charge in [-0.3, -0.25) is 24.4 Å². The van der Waals surface area contributed by atoms with Crippen molar-refractivity contribution in [2.75, 3.05) is 0 Å². The fraction of sp³-hybridized carbons (Fsp3) is 0.333. The van der Waals surface area contributed by atoms with Gasteiger partial charge in [0.1, 0.15) is 17.6 Å². The number of pyridine rings is 1. The van der Waals surface area contributed by atoms with Gasteiger partial charge >= 0.3 is 0 Å². The molecule has 4 aromatic rings. The minimum Gasteiger partial charge on any atom is -0.346 e. The minimum absolute atomic E-state index is 0.0513. The Morgan fingerprint density at radius 2 is 1.83 bits per heavy atom. The van der Waals surface area contributed by atoms with Crippen LogP contribution in [0.4, 0.5) is 0 Å². The molecule has 1 amide bonds. The van der Waals surface area contributed by atoms with E-state index >= 15 is 0 Å². The number of aromatic amines is 1. The fourth-order valence-electron chi connectivity index (χ4n) is 5.31. The van der Waals surface area contributed by atoms with Crippen LogP contribution < -0.4 is 5.32 Å². The van der Waals surface area contributed by atoms with Crippen molar-refractivity contribution in [3.8, 4) is 11.3 Å². The number of rotatable bonds is 12. The number of nitrogens with zero attached hydrogens (tertiary/aromatic N) is 3. The molecule has 2 aromatic carbocycles. The molecule has 0 fully saturated rings. The standard InChI is InChI=1S/C33H35N5O3/c1-3-25(39)12-5-4-6-14-27(33-35-20-29(38-33)24-16-15-22-10-7-8-11-23(22)18-24)37-30(40)19-28-32(41)26-13-9-17-34-31(26)21(2)36-28/h7-11,13,15-18,20,27-28H,3-6,12,14,19H2,1-2H3,(H,35,38)(H,37,40)/t27-,28?/m0/s1. The number of ketones is 2. The van der Waals surface area contributed by atoms with Crippen molar-refractivity contribution in [1.82, 2.24) is 20.3 Å². The summed E-state index contributed by atoms with van der Waals surface area (Å²) in [5, 5.41) is 5.41. The fourth-order valence-corrected chi connectivity index (χ4v) is 5.31. The third-order valence-electron chi connectivity index (χ3n) is 7.61. The lowest BCUT2D eigenvalue weighted by atomic mass is 9.95. The zero-order valence-corrected chi connectivity index (χ0v) is 23.5. The van der Waals surface area contributed by atoms with Crippen molar-refractivity contribution < 1.29 is 14.4 Å². The number of hydrogen-bond acceptors (Lipinski definition) is 6. The van der Waals surface area contributed by atoms with Gasteiger partial charge in [0.25, 0.3) is 0 Å². The Hall–Kier alpha value is -4.46. The SMILES string of the molecule is CCC(=O)CCCCC[C@H](NC(=O)CC1N=C(C)c2ncccc2C1=O)c1ncc(-c2ccc3ccccc3c2)[nH]1. The van der Waals surface area contributed by atoms with Crippen molar-refractivity contribution in [3.63, 3.8) is 0 Å². The monoisotopic (exact) mass is 549 g/mol. The predicted molar refractivity (Wildman–Crippen MR) is 160 cm³/mol. The second kappa shape index (κ2) is 12.8. The van der Waals surface area contributed by atoms with Crippen molar-refractivity contribution in [1.29, 1.82) is 0 Å². The molecule has 1 aliphatic heterocycles. The van der Waals surface area contributed by atoms with Crippen LogP contribution in [0, 0.1) is 0 Å². The zero-order valence-electron chi connectivity index (χ0n) is 23.5. The molecule has 0 saturated heterocycles. The van der Waals surface area contributed by atoms with Crippen LogP contribution >= 0.6 is 0 Å². The number of Topliss-reactive ketones (excluding diaryl/α,β-unsaturated/α-hetero) is 2. The van der Waals surface area contributed by atoms with Gasteiger partial charge in [-0.15, -0.1) is 0 Å². The Bertz CT molecular complexity index is 1610. The molecule has 2 aromatic heterocycles. The average molecular weight is 550 g/mol. The molecule has 8 nitrogen and oxygen atoms in total. The van der Waals surface area contributed by atoms with E-state index in [1.807, 2.05) is 26.0 Å². The summed E-state index contributed by atoms with van der Waals surface area (Å²) in [7, 11) is 0. The Labute approximate surface area is 239 Å². The van der Waals surface area contributed by atoms with Crippen LogP contribution in [0.2, 0.25) is 0 Å². The maximum Gasteiger partial charge on any atom is 0.223 e. The van der Waals surface area contributed by atoms with Crippen LogP contribution in [0.15, 0.2) is 72.0 Å². The molecule has 0 spiro atoms. The molecule has 8 heteroatoms. The van der Waals surface area contributed by atoms with Crippen molar-refractivity contribution in [2.24, 2.45) is 4.99 Å². The Kier molecular flexibility index (Phi) is 8.77. The van der Waals surface area contributed by atoms with Crippen molar-refractivity contribution >= 4 is 34.0 Å². The van der Waals surface area contributed by atoms with Crippen molar-refractivity contribution in [2.45, 2.75) is 70.9 Å². The van der Waals surface area contributed by atoms with Gasteiger partial charge in [-0.2, -0.15) is 0 Å². The van der Waals surface area contributed by atoms with Crippen LogP contribution in [0.25, 0.3) is 22.0 Å². The van der Waals surface area contributed by atoms with E-state index in [-0.39, 0.29) is 29.9 Å². The molecular formula is C33H35N5O3. The molecule has 0 radical (unpaired) electrons. The molecule has 3 heterocycles. The second-order valence-electron chi connectivity index (χ2n) is 10.6. The number of benzene rings is 2. The molecule has 1 unspecified atom stereocenters. The van der Waals surface area contributed by atoms with E-state index < -0.39 is 6.04 Å². The van der Waals surface area contributed by atoms with Gasteiger partial charge in [-0.1, -0.05) is 56.2 Å². The molecule has 5 rings (SSSR count). The van der Waals surface area contributed by atoms with E-state index in [0.29, 0.717) is 42.1 Å². The van der Waals surface area contributed by atoms with Gasteiger partial charge in [0.15, 0.2) is 5.78 Å². The number of aromatic nitrogens is 3. The minimum atomic E-state index is -0.780. The summed E-state index contributed by atoms with van der Waals surface area (Å²) in [6, 6.07) is 16.8. The lowest BCUT2D eigenvalue weighted by Gasteiger charge is -2.21. The number of aliphatic imine (C=N–C) groups is 1. The highest BCUT2D eigenvalue weighted by atomic mass is 16.2. The Morgan fingerprint density at radius 1 is 1.00 bits per heavy atom. The number of H-pyrrole nitrogens is 1. The first-order chi connectivity index (χ1) is 19.9. The Balaban J connectivity index is 1.30. The number of hydrogen-bond donors (Lipinski definition) is 2. The largest absolute Gasteiger partial charge is 0.346 e. The van der Waals surface area contributed by atoms with Crippen LogP contribution in [-0.2, 0) is 9.59 Å². The lowest BCUT2D eigenvalue weighted by molar-refractivity contribution is -0.122. The Morgan fingerprint density at radius 3 is 2.66 bits per heavy atom. The lowest BCUT2D eigenvalue weighted by Crippen LogP contribution is -2.36. The first-order valence-corrected chi connectivity index (χ1v) is 14.3. The summed E-state index contributed by atoms with van der Waals surface area (Å²) in [5.41, 5.74) is 3.61. The van der Waals surface area contributed by atoms with E-state index in [1.165, 1.54) is 0 Å². The summed E-state index contributed by atoms with van der Waals surface area (Å²) in [6.45, 7) is 3.70. The highest BCUT2D eigenvalue weighted by Crippen LogP contribution is 2.26. The van der Waals surface area contributed by atoms with Gasteiger partial charge in [0.2, 0.25) is 5.91 Å². The smallest absolute Gasteiger partial charge is 0.223 e. The number of carbonyl (C=O) groups is 3. The number of unbranched alkanes of at least 4 members (excludes halogenated alkanes) is 2. The summed E-state index contributed by atoms with van der Waals surface area (Å²) >= 11 is 0. The highest BCUT2D eigenvalue weighted by molar-refractivity contribution is 6.15. The summed E-state index contributed by atoms with van der Waals surface area (Å²) < 4.78 is 0. The second-order valence-corrected chi connectivity index (χ2v) is 10.6. The maximum atomic E-state index is 13.3. The predicted octanol–water partition coefficient (Wildman–Crippen LogP) is 6.18. The summed E-state index contributed by atoms with van der Waals surface area (Å²) in [5.74, 6) is 0.477. The molecule has 2 N–H and O–H groups in total. The summed E-state index contributed by atoms with van der Waals surface area (Å²) in [4.78, 5) is 54.8. The molecule has 0 saturated carbocycles. The van der Waals surface area contributed by atoms with E-state index in [4.69, 9.17) is 0 Å².